The summed E-state index contributed by atoms with van der Waals surface area (Å²) in [5.41, 5.74) is 3.25. The second-order valence-electron chi connectivity index (χ2n) is 7.55. The third kappa shape index (κ3) is 5.52. The summed E-state index contributed by atoms with van der Waals surface area (Å²) in [6.45, 7) is 3.62. The fourth-order valence-corrected chi connectivity index (χ4v) is 5.71. The molecule has 2 N–H and O–H groups in total. The molecule has 0 atom stereocenters. The first-order valence-electron chi connectivity index (χ1n) is 10.2. The number of sulfonamides is 1. The van der Waals surface area contributed by atoms with Gasteiger partial charge in [0.15, 0.2) is 0 Å². The predicted octanol–water partition coefficient (Wildman–Crippen LogP) is 4.07. The van der Waals surface area contributed by atoms with Crippen LogP contribution in [0.25, 0.3) is 0 Å². The third-order valence-electron chi connectivity index (χ3n) is 5.31. The molecule has 1 aliphatic rings. The van der Waals surface area contributed by atoms with Gasteiger partial charge in [0.2, 0.25) is 0 Å². The van der Waals surface area contributed by atoms with Crippen molar-refractivity contribution in [3.8, 4) is 0 Å². The van der Waals surface area contributed by atoms with E-state index in [9.17, 15) is 13.2 Å². The van der Waals surface area contributed by atoms with Crippen molar-refractivity contribution in [2.75, 3.05) is 17.8 Å². The van der Waals surface area contributed by atoms with Crippen LogP contribution in [0.15, 0.2) is 70.3 Å². The molecule has 0 saturated carbocycles. The molecule has 2 aromatic carbocycles. The largest absolute Gasteiger partial charge is 0.348 e. The van der Waals surface area contributed by atoms with E-state index in [-0.39, 0.29) is 10.1 Å². The number of carbonyl (C=O) groups is 1. The summed E-state index contributed by atoms with van der Waals surface area (Å²) in [7, 11) is -3.60. The molecule has 3 aromatic rings. The van der Waals surface area contributed by atoms with E-state index >= 15 is 0 Å². The number of carbonyl (C=O) groups excluding carboxylic acids is 1. The van der Waals surface area contributed by atoms with Gasteiger partial charge >= 0.3 is 0 Å². The maximum Gasteiger partial charge on any atom is 0.271 e. The molecule has 0 radical (unpaired) electrons. The average molecular weight is 456 g/mol. The number of hydrogen-bond acceptors (Lipinski definition) is 5. The Morgan fingerprint density at radius 1 is 0.935 bits per heavy atom. The van der Waals surface area contributed by atoms with Gasteiger partial charge in [-0.05, 0) is 72.8 Å². The van der Waals surface area contributed by atoms with E-state index in [1.54, 1.807) is 41.8 Å². The molecule has 1 aliphatic heterocycles. The summed E-state index contributed by atoms with van der Waals surface area (Å²) in [6.07, 6.45) is 2.50. The number of hydrogen-bond donors (Lipinski definition) is 2. The van der Waals surface area contributed by atoms with E-state index in [0.717, 1.165) is 36.5 Å². The zero-order valence-electron chi connectivity index (χ0n) is 17.1. The van der Waals surface area contributed by atoms with Crippen LogP contribution in [-0.4, -0.2) is 32.3 Å². The number of nitrogens with zero attached hydrogens (tertiary/aromatic N) is 1. The molecule has 1 amide bonds. The molecule has 0 unspecified atom stereocenters. The second kappa shape index (κ2) is 9.64. The van der Waals surface area contributed by atoms with Gasteiger partial charge in [-0.15, -0.1) is 11.3 Å². The molecule has 4 rings (SSSR count). The molecule has 0 aliphatic carbocycles. The highest BCUT2D eigenvalue weighted by Gasteiger charge is 2.16. The van der Waals surface area contributed by atoms with Gasteiger partial charge in [-0.3, -0.25) is 14.4 Å². The fourth-order valence-electron chi connectivity index (χ4n) is 3.65. The highest BCUT2D eigenvalue weighted by Crippen LogP contribution is 2.21. The van der Waals surface area contributed by atoms with Crippen LogP contribution in [0.2, 0.25) is 0 Å². The van der Waals surface area contributed by atoms with Gasteiger partial charge in [-0.2, -0.15) is 0 Å². The molecule has 0 spiro atoms. The van der Waals surface area contributed by atoms with Crippen molar-refractivity contribution in [3.05, 3.63) is 82.7 Å². The molecule has 162 valence electrons. The Morgan fingerprint density at radius 3 is 2.32 bits per heavy atom. The molecule has 6 nitrogen and oxygen atoms in total. The van der Waals surface area contributed by atoms with Crippen molar-refractivity contribution in [2.45, 2.75) is 30.1 Å². The summed E-state index contributed by atoms with van der Waals surface area (Å²) in [5.74, 6) is -0.191. The first-order chi connectivity index (χ1) is 15.0. The van der Waals surface area contributed by atoms with Crippen molar-refractivity contribution >= 4 is 33.0 Å². The lowest BCUT2D eigenvalue weighted by Gasteiger charge is -2.17. The summed E-state index contributed by atoms with van der Waals surface area (Å²) in [4.78, 5) is 15.0. The summed E-state index contributed by atoms with van der Waals surface area (Å²) < 4.78 is 27.4. The van der Waals surface area contributed by atoms with Crippen LogP contribution in [0.3, 0.4) is 0 Å². The predicted molar refractivity (Wildman–Crippen MR) is 124 cm³/mol. The zero-order chi connectivity index (χ0) is 21.7. The second-order valence-corrected chi connectivity index (χ2v) is 10.4. The first kappa shape index (κ1) is 21.5. The fraction of sp³-hybridized carbons (Fsp3) is 0.261. The Kier molecular flexibility index (Phi) is 6.70. The van der Waals surface area contributed by atoms with Gasteiger partial charge in [0.1, 0.15) is 4.21 Å². The molecular formula is C23H25N3O3S2. The Balaban J connectivity index is 1.36. The highest BCUT2D eigenvalue weighted by atomic mass is 32.2. The van der Waals surface area contributed by atoms with E-state index in [2.05, 4.69) is 21.0 Å². The van der Waals surface area contributed by atoms with Crippen LogP contribution in [0.5, 0.6) is 0 Å². The van der Waals surface area contributed by atoms with Crippen molar-refractivity contribution < 1.29 is 13.2 Å². The van der Waals surface area contributed by atoms with Gasteiger partial charge in [0, 0.05) is 24.3 Å². The highest BCUT2D eigenvalue weighted by molar-refractivity contribution is 7.94. The van der Waals surface area contributed by atoms with Crippen molar-refractivity contribution in [3.63, 3.8) is 0 Å². The van der Waals surface area contributed by atoms with Crippen molar-refractivity contribution in [1.29, 1.82) is 0 Å². The minimum atomic E-state index is -3.60. The smallest absolute Gasteiger partial charge is 0.271 e. The topological polar surface area (TPSA) is 78.5 Å². The minimum Gasteiger partial charge on any atom is -0.348 e. The number of thiophene rings is 1. The SMILES string of the molecule is O=C(NCc1ccccc1CN1CCCC1)c1ccc(NS(=O)(=O)c2cccs2)cc1. The first-order valence-corrected chi connectivity index (χ1v) is 12.6. The number of nitrogens with one attached hydrogen (secondary N) is 2. The average Bonchev–Trinajstić information content (AvgIpc) is 3.48. The van der Waals surface area contributed by atoms with E-state index in [1.165, 1.54) is 18.4 Å². The Morgan fingerprint density at radius 2 is 1.65 bits per heavy atom. The van der Waals surface area contributed by atoms with Crippen molar-refractivity contribution in [1.82, 2.24) is 10.2 Å². The van der Waals surface area contributed by atoms with Crippen molar-refractivity contribution in [2.24, 2.45) is 0 Å². The lowest BCUT2D eigenvalue weighted by Crippen LogP contribution is -2.25. The lowest BCUT2D eigenvalue weighted by molar-refractivity contribution is 0.0951. The number of rotatable bonds is 8. The molecule has 1 aromatic heterocycles. The molecule has 1 fully saturated rings. The monoisotopic (exact) mass is 455 g/mol. The minimum absolute atomic E-state index is 0.191. The quantitative estimate of drug-likeness (QED) is 0.537. The van der Waals surface area contributed by atoms with E-state index in [1.807, 2.05) is 18.2 Å². The van der Waals surface area contributed by atoms with E-state index < -0.39 is 10.0 Å². The van der Waals surface area contributed by atoms with Crippen LogP contribution in [0.4, 0.5) is 5.69 Å². The van der Waals surface area contributed by atoms with E-state index in [0.29, 0.717) is 17.8 Å². The number of likely N-dealkylation sites (tertiary alicyclic amines) is 1. The Hall–Kier alpha value is -2.68. The van der Waals surface area contributed by atoms with Gasteiger partial charge in [0.25, 0.3) is 15.9 Å². The maximum atomic E-state index is 12.6. The zero-order valence-corrected chi connectivity index (χ0v) is 18.7. The summed E-state index contributed by atoms with van der Waals surface area (Å²) >= 11 is 1.15. The van der Waals surface area contributed by atoms with Crippen LogP contribution in [0.1, 0.15) is 34.3 Å². The maximum absolute atomic E-state index is 12.6. The molecular weight excluding hydrogens is 430 g/mol. The third-order valence-corrected chi connectivity index (χ3v) is 8.09. The van der Waals surface area contributed by atoms with Gasteiger partial charge < -0.3 is 5.32 Å². The van der Waals surface area contributed by atoms with Gasteiger partial charge in [-0.1, -0.05) is 30.3 Å². The molecule has 0 bridgehead atoms. The van der Waals surface area contributed by atoms with E-state index in [4.69, 9.17) is 0 Å². The standard InChI is InChI=1S/C23H25N3O3S2/c27-23(24-16-19-6-1-2-7-20(19)17-26-13-3-4-14-26)18-9-11-21(12-10-18)25-31(28,29)22-8-5-15-30-22/h1-2,5-12,15,25H,3-4,13-14,16-17H2,(H,24,27). The van der Waals surface area contributed by atoms with Crippen LogP contribution in [-0.2, 0) is 23.1 Å². The van der Waals surface area contributed by atoms with Crippen LogP contribution >= 0.6 is 11.3 Å². The Bertz CT molecular complexity index is 1120. The molecule has 1 saturated heterocycles. The molecule has 8 heteroatoms. The Labute approximate surface area is 187 Å². The van der Waals surface area contributed by atoms with Crippen LogP contribution < -0.4 is 10.0 Å². The number of amides is 1. The normalized spacial score (nSPS) is 14.5. The van der Waals surface area contributed by atoms with Gasteiger partial charge in [-0.25, -0.2) is 8.42 Å². The molecule has 31 heavy (non-hydrogen) atoms. The lowest BCUT2D eigenvalue weighted by atomic mass is 10.1. The summed E-state index contributed by atoms with van der Waals surface area (Å²) in [6, 6.07) is 17.9. The molecule has 2 heterocycles. The number of benzene rings is 2. The number of anilines is 1. The van der Waals surface area contributed by atoms with Gasteiger partial charge in [0.05, 0.1) is 0 Å². The summed E-state index contributed by atoms with van der Waals surface area (Å²) in [5, 5.41) is 4.69. The van der Waals surface area contributed by atoms with Crippen LogP contribution in [0, 0.1) is 0 Å².